The van der Waals surface area contributed by atoms with Crippen molar-refractivity contribution >= 4 is 22.9 Å². The maximum absolute atomic E-state index is 12.8. The predicted molar refractivity (Wildman–Crippen MR) is 121 cm³/mol. The fourth-order valence-electron chi connectivity index (χ4n) is 5.44. The number of ether oxygens (including phenoxy) is 1. The number of nitrogens with zero attached hydrogens (tertiary/aromatic N) is 2. The Morgan fingerprint density at radius 1 is 1.35 bits per heavy atom. The maximum Gasteiger partial charge on any atom is 0.317 e. The largest absolute Gasteiger partial charge is 0.469 e. The van der Waals surface area contributed by atoms with Crippen LogP contribution in [0.2, 0.25) is 0 Å². The molecule has 2 aliphatic rings. The summed E-state index contributed by atoms with van der Waals surface area (Å²) in [4.78, 5) is 32.2. The molecular formula is C24H34N4O3. The summed E-state index contributed by atoms with van der Waals surface area (Å²) in [6, 6.07) is 6.99. The molecule has 3 atom stereocenters. The minimum atomic E-state index is -0.290. The van der Waals surface area contributed by atoms with E-state index in [1.807, 2.05) is 13.8 Å². The van der Waals surface area contributed by atoms with E-state index < -0.39 is 0 Å². The first kappa shape index (κ1) is 21.7. The lowest BCUT2D eigenvalue weighted by Crippen LogP contribution is -2.52. The number of likely N-dealkylation sites (N-methyl/N-ethyl adjacent to an activating group) is 1. The molecule has 1 aliphatic heterocycles. The highest BCUT2D eigenvalue weighted by atomic mass is 16.5. The molecule has 168 valence electrons. The van der Waals surface area contributed by atoms with Crippen LogP contribution in [0.3, 0.4) is 0 Å². The number of aromatic nitrogens is 1. The second kappa shape index (κ2) is 8.91. The summed E-state index contributed by atoms with van der Waals surface area (Å²) >= 11 is 0. The van der Waals surface area contributed by atoms with Crippen molar-refractivity contribution < 1.29 is 14.3 Å². The zero-order valence-electron chi connectivity index (χ0n) is 19.0. The van der Waals surface area contributed by atoms with Crippen molar-refractivity contribution in [3.8, 4) is 0 Å². The lowest BCUT2D eigenvalue weighted by molar-refractivity contribution is -0.140. The zero-order valence-corrected chi connectivity index (χ0v) is 19.0. The van der Waals surface area contributed by atoms with Crippen LogP contribution in [0.25, 0.3) is 10.9 Å². The number of hydrogen-bond acceptors (Lipinski definition) is 4. The Morgan fingerprint density at radius 3 is 2.90 bits per heavy atom. The molecule has 0 spiro atoms. The molecule has 31 heavy (non-hydrogen) atoms. The van der Waals surface area contributed by atoms with Gasteiger partial charge in [0.2, 0.25) is 0 Å². The van der Waals surface area contributed by atoms with Gasteiger partial charge in [0, 0.05) is 54.7 Å². The van der Waals surface area contributed by atoms with Crippen molar-refractivity contribution in [3.63, 3.8) is 0 Å². The first-order chi connectivity index (χ1) is 14.9. The summed E-state index contributed by atoms with van der Waals surface area (Å²) < 4.78 is 4.79. The van der Waals surface area contributed by atoms with Gasteiger partial charge in [-0.2, -0.15) is 0 Å². The van der Waals surface area contributed by atoms with Crippen LogP contribution in [0.15, 0.2) is 24.4 Å². The number of aromatic amines is 1. The topological polar surface area (TPSA) is 77.7 Å². The van der Waals surface area contributed by atoms with E-state index in [4.69, 9.17) is 4.74 Å². The van der Waals surface area contributed by atoms with Crippen LogP contribution < -0.4 is 5.32 Å². The lowest BCUT2D eigenvalue weighted by Gasteiger charge is -2.46. The smallest absolute Gasteiger partial charge is 0.317 e. The molecule has 1 aliphatic carbocycles. The number of piperidine rings is 1. The summed E-state index contributed by atoms with van der Waals surface area (Å²) in [6.07, 6.45) is 4.48. The number of fused-ring (bicyclic) bond motifs is 2. The van der Waals surface area contributed by atoms with Crippen molar-refractivity contribution in [2.45, 2.75) is 51.1 Å². The number of nitrogens with one attached hydrogen (secondary N) is 2. The van der Waals surface area contributed by atoms with Crippen molar-refractivity contribution in [1.29, 1.82) is 0 Å². The van der Waals surface area contributed by atoms with Crippen molar-refractivity contribution in [2.75, 3.05) is 33.8 Å². The number of esters is 1. The number of benzene rings is 1. The molecule has 0 bridgehead atoms. The monoisotopic (exact) mass is 426 g/mol. The van der Waals surface area contributed by atoms with Gasteiger partial charge in [-0.3, -0.25) is 4.79 Å². The van der Waals surface area contributed by atoms with Crippen LogP contribution >= 0.6 is 0 Å². The minimum Gasteiger partial charge on any atom is -0.469 e. The van der Waals surface area contributed by atoms with Crippen molar-refractivity contribution in [1.82, 2.24) is 20.1 Å². The van der Waals surface area contributed by atoms with E-state index in [2.05, 4.69) is 46.6 Å². The van der Waals surface area contributed by atoms with Crippen LogP contribution in [0.5, 0.6) is 0 Å². The van der Waals surface area contributed by atoms with E-state index >= 15 is 0 Å². The first-order valence-electron chi connectivity index (χ1n) is 11.3. The number of H-pyrrole nitrogens is 1. The van der Waals surface area contributed by atoms with Crippen LogP contribution in [-0.4, -0.2) is 72.7 Å². The first-order valence-corrected chi connectivity index (χ1v) is 11.3. The molecule has 0 saturated carbocycles. The standard InChI is InChI=1S/C24H34N4O3/c1-15(2)26-24(30)28(9-8-22(29)31-4)14-16-10-19-18-6-5-7-20-23(18)17(12-25-20)11-21(19)27(3)13-16/h5-7,12,15-16,19,21,25H,8-11,13-14H2,1-4H3,(H,26,30)/t16-,19-,21-/m1/s1. The van der Waals surface area contributed by atoms with E-state index in [-0.39, 0.29) is 24.5 Å². The molecule has 1 fully saturated rings. The summed E-state index contributed by atoms with van der Waals surface area (Å²) in [6.45, 7) is 5.86. The zero-order chi connectivity index (χ0) is 22.1. The van der Waals surface area contributed by atoms with Gasteiger partial charge in [0.15, 0.2) is 0 Å². The number of amides is 2. The van der Waals surface area contributed by atoms with Gasteiger partial charge >= 0.3 is 12.0 Å². The third kappa shape index (κ3) is 4.42. The number of methoxy groups -OCH3 is 1. The normalized spacial score (nSPS) is 22.9. The average Bonchev–Trinajstić information content (AvgIpc) is 3.15. The molecule has 0 unspecified atom stereocenters. The molecule has 7 heteroatoms. The van der Waals surface area contributed by atoms with Gasteiger partial charge in [-0.25, -0.2) is 4.79 Å². The predicted octanol–water partition coefficient (Wildman–Crippen LogP) is 3.11. The second-order valence-corrected chi connectivity index (χ2v) is 9.38. The van der Waals surface area contributed by atoms with Gasteiger partial charge in [0.1, 0.15) is 0 Å². The molecule has 1 saturated heterocycles. The Labute approximate surface area is 184 Å². The molecule has 2 amide bonds. The van der Waals surface area contributed by atoms with Crippen LogP contribution in [0.1, 0.15) is 43.7 Å². The van der Waals surface area contributed by atoms with Gasteiger partial charge in [-0.05, 0) is 56.8 Å². The summed E-state index contributed by atoms with van der Waals surface area (Å²) in [7, 11) is 3.59. The molecule has 2 N–H and O–H groups in total. The van der Waals surface area contributed by atoms with Gasteiger partial charge in [0.25, 0.3) is 0 Å². The molecule has 4 rings (SSSR count). The number of hydrogen-bond donors (Lipinski definition) is 2. The average molecular weight is 427 g/mol. The van der Waals surface area contributed by atoms with Crippen LogP contribution in [-0.2, 0) is 16.0 Å². The number of urea groups is 1. The van der Waals surface area contributed by atoms with Gasteiger partial charge in [-0.15, -0.1) is 0 Å². The fraction of sp³-hybridized carbons (Fsp3) is 0.583. The molecule has 2 heterocycles. The van der Waals surface area contributed by atoms with E-state index in [1.165, 1.54) is 29.1 Å². The second-order valence-electron chi connectivity index (χ2n) is 9.38. The van der Waals surface area contributed by atoms with Crippen molar-refractivity contribution in [2.24, 2.45) is 5.92 Å². The van der Waals surface area contributed by atoms with Gasteiger partial charge < -0.3 is 24.8 Å². The fourth-order valence-corrected chi connectivity index (χ4v) is 5.44. The van der Waals surface area contributed by atoms with Crippen LogP contribution in [0, 0.1) is 5.92 Å². The Bertz CT molecular complexity index is 953. The van der Waals surface area contributed by atoms with E-state index in [9.17, 15) is 9.59 Å². The van der Waals surface area contributed by atoms with E-state index in [0.717, 1.165) is 19.4 Å². The third-order valence-electron chi connectivity index (χ3n) is 6.80. The Balaban J connectivity index is 1.53. The highest BCUT2D eigenvalue weighted by Crippen LogP contribution is 2.44. The quantitative estimate of drug-likeness (QED) is 0.696. The number of carbonyl (C=O) groups excluding carboxylic acids is 2. The summed E-state index contributed by atoms with van der Waals surface area (Å²) in [5.74, 6) is 0.506. The lowest BCUT2D eigenvalue weighted by atomic mass is 9.72. The number of rotatable bonds is 6. The summed E-state index contributed by atoms with van der Waals surface area (Å²) in [5.41, 5.74) is 4.05. The SMILES string of the molecule is COC(=O)CCN(C[C@@H]1C[C@@H]2c3cccc4[nH]cc(c34)C[C@H]2N(C)C1)C(=O)NC(C)C. The highest BCUT2D eigenvalue weighted by Gasteiger charge is 2.40. The highest BCUT2D eigenvalue weighted by molar-refractivity contribution is 5.88. The number of carbonyl (C=O) groups is 2. The Hall–Kier alpha value is -2.54. The molecule has 0 radical (unpaired) electrons. The molecule has 1 aromatic heterocycles. The van der Waals surface area contributed by atoms with Gasteiger partial charge in [-0.1, -0.05) is 12.1 Å². The van der Waals surface area contributed by atoms with Crippen LogP contribution in [0.4, 0.5) is 4.79 Å². The maximum atomic E-state index is 12.8. The van der Waals surface area contributed by atoms with E-state index in [0.29, 0.717) is 31.0 Å². The number of likely N-dealkylation sites (tertiary alicyclic amines) is 1. The Kier molecular flexibility index (Phi) is 6.23. The third-order valence-corrected chi connectivity index (χ3v) is 6.80. The molecular weight excluding hydrogens is 392 g/mol. The summed E-state index contributed by atoms with van der Waals surface area (Å²) in [5, 5.41) is 4.37. The molecule has 7 nitrogen and oxygen atoms in total. The molecule has 2 aromatic rings. The van der Waals surface area contributed by atoms with Crippen molar-refractivity contribution in [3.05, 3.63) is 35.5 Å². The van der Waals surface area contributed by atoms with E-state index in [1.54, 1.807) is 4.90 Å². The molecule has 1 aromatic carbocycles. The Morgan fingerprint density at radius 2 is 2.16 bits per heavy atom. The van der Waals surface area contributed by atoms with Gasteiger partial charge in [0.05, 0.1) is 13.5 Å². The minimum absolute atomic E-state index is 0.0505.